The van der Waals surface area contributed by atoms with Gasteiger partial charge < -0.3 is 11.1 Å². The Morgan fingerprint density at radius 3 is 2.53 bits per heavy atom. The minimum Gasteiger partial charge on any atom is -0.326 e. The molecular weight excluding hydrogens is 328 g/mol. The predicted molar refractivity (Wildman–Crippen MR) is 81.4 cm³/mol. The van der Waals surface area contributed by atoms with E-state index in [4.69, 9.17) is 17.3 Å². The van der Waals surface area contributed by atoms with E-state index in [0.29, 0.717) is 27.3 Å². The minimum absolute atomic E-state index is 0.188. The molecular formula is C14H12BrClN2O. The normalized spacial score (nSPS) is 10.3. The number of carbonyl (C=O) groups excluding carboxylic acids is 1. The van der Waals surface area contributed by atoms with Crippen molar-refractivity contribution in [3.05, 3.63) is 63.1 Å². The topological polar surface area (TPSA) is 55.1 Å². The van der Waals surface area contributed by atoms with Crippen LogP contribution >= 0.6 is 27.5 Å². The molecule has 0 aliphatic carbocycles. The monoisotopic (exact) mass is 338 g/mol. The Kier molecular flexibility index (Phi) is 4.58. The molecule has 0 aliphatic heterocycles. The van der Waals surface area contributed by atoms with Crippen molar-refractivity contribution in [3.63, 3.8) is 0 Å². The molecule has 0 radical (unpaired) electrons. The second-order valence-corrected chi connectivity index (χ2v) is 5.16. The van der Waals surface area contributed by atoms with Gasteiger partial charge in [-0.05, 0) is 45.8 Å². The van der Waals surface area contributed by atoms with E-state index >= 15 is 0 Å². The molecule has 0 aromatic heterocycles. The summed E-state index contributed by atoms with van der Waals surface area (Å²) in [6.07, 6.45) is 0. The molecule has 98 valence electrons. The van der Waals surface area contributed by atoms with E-state index in [-0.39, 0.29) is 5.91 Å². The van der Waals surface area contributed by atoms with Crippen LogP contribution in [0.5, 0.6) is 0 Å². The molecule has 5 heteroatoms. The Balaban J connectivity index is 2.18. The molecule has 3 nitrogen and oxygen atoms in total. The minimum atomic E-state index is -0.188. The van der Waals surface area contributed by atoms with Crippen LogP contribution in [-0.4, -0.2) is 5.91 Å². The van der Waals surface area contributed by atoms with Crippen molar-refractivity contribution in [2.45, 2.75) is 6.54 Å². The lowest BCUT2D eigenvalue weighted by Crippen LogP contribution is -2.12. The number of halogens is 2. The predicted octanol–water partition coefficient (Wildman–Crippen LogP) is 3.81. The average Bonchev–Trinajstić information content (AvgIpc) is 2.44. The lowest BCUT2D eigenvalue weighted by atomic mass is 10.1. The molecule has 0 atom stereocenters. The summed E-state index contributed by atoms with van der Waals surface area (Å²) in [7, 11) is 0. The number of anilines is 1. The number of rotatable bonds is 3. The highest BCUT2D eigenvalue weighted by Gasteiger charge is 2.09. The summed E-state index contributed by atoms with van der Waals surface area (Å²) in [5.74, 6) is -0.188. The Hall–Kier alpha value is -1.36. The lowest BCUT2D eigenvalue weighted by molar-refractivity contribution is 0.102. The standard InChI is InChI=1S/C14H12BrClN2O/c15-13-11(16)2-1-3-12(13)18-14(19)10-6-4-9(8-17)5-7-10/h1-7H,8,17H2,(H,18,19). The van der Waals surface area contributed by atoms with E-state index in [1.54, 1.807) is 30.3 Å². The molecule has 0 fully saturated rings. The second-order valence-electron chi connectivity index (χ2n) is 3.96. The first kappa shape index (κ1) is 14.1. The summed E-state index contributed by atoms with van der Waals surface area (Å²) in [6, 6.07) is 12.5. The van der Waals surface area contributed by atoms with E-state index in [2.05, 4.69) is 21.2 Å². The van der Waals surface area contributed by atoms with Crippen molar-refractivity contribution in [1.29, 1.82) is 0 Å². The van der Waals surface area contributed by atoms with Crippen molar-refractivity contribution in [1.82, 2.24) is 0 Å². The summed E-state index contributed by atoms with van der Waals surface area (Å²) in [5, 5.41) is 3.36. The molecule has 2 aromatic rings. The molecule has 0 bridgehead atoms. The van der Waals surface area contributed by atoms with E-state index in [0.717, 1.165) is 5.56 Å². The van der Waals surface area contributed by atoms with Crippen LogP contribution < -0.4 is 11.1 Å². The summed E-state index contributed by atoms with van der Waals surface area (Å²) in [4.78, 5) is 12.1. The maximum absolute atomic E-state index is 12.1. The first-order valence-corrected chi connectivity index (χ1v) is 6.83. The van der Waals surface area contributed by atoms with Gasteiger partial charge in [-0.3, -0.25) is 4.79 Å². The Morgan fingerprint density at radius 2 is 1.89 bits per heavy atom. The number of nitrogens with two attached hydrogens (primary N) is 1. The van der Waals surface area contributed by atoms with E-state index in [1.165, 1.54) is 0 Å². The Bertz CT molecular complexity index is 599. The van der Waals surface area contributed by atoms with Crippen molar-refractivity contribution in [3.8, 4) is 0 Å². The van der Waals surface area contributed by atoms with Gasteiger partial charge in [0.25, 0.3) is 5.91 Å². The van der Waals surface area contributed by atoms with Gasteiger partial charge in [0.15, 0.2) is 0 Å². The van der Waals surface area contributed by atoms with Gasteiger partial charge in [0.2, 0.25) is 0 Å². The maximum atomic E-state index is 12.1. The number of nitrogens with one attached hydrogen (secondary N) is 1. The SMILES string of the molecule is NCc1ccc(C(=O)Nc2cccc(Cl)c2Br)cc1. The molecule has 0 saturated carbocycles. The van der Waals surface area contributed by atoms with Crippen LogP contribution in [0.2, 0.25) is 5.02 Å². The lowest BCUT2D eigenvalue weighted by Gasteiger charge is -2.08. The van der Waals surface area contributed by atoms with E-state index in [9.17, 15) is 4.79 Å². The number of benzene rings is 2. The fraction of sp³-hybridized carbons (Fsp3) is 0.0714. The summed E-state index contributed by atoms with van der Waals surface area (Å²) < 4.78 is 0.670. The van der Waals surface area contributed by atoms with Gasteiger partial charge in [0.05, 0.1) is 15.2 Å². The average molecular weight is 340 g/mol. The highest BCUT2D eigenvalue weighted by atomic mass is 79.9. The molecule has 3 N–H and O–H groups in total. The fourth-order valence-electron chi connectivity index (χ4n) is 1.59. The summed E-state index contributed by atoms with van der Waals surface area (Å²) in [5.41, 5.74) is 7.71. The van der Waals surface area contributed by atoms with Crippen LogP contribution in [0.3, 0.4) is 0 Å². The molecule has 2 rings (SSSR count). The zero-order chi connectivity index (χ0) is 13.8. The number of amides is 1. The molecule has 19 heavy (non-hydrogen) atoms. The van der Waals surface area contributed by atoms with E-state index < -0.39 is 0 Å². The van der Waals surface area contributed by atoms with Crippen LogP contribution in [0.25, 0.3) is 0 Å². The largest absolute Gasteiger partial charge is 0.326 e. The van der Waals surface area contributed by atoms with Gasteiger partial charge in [-0.1, -0.05) is 29.8 Å². The Morgan fingerprint density at radius 1 is 1.21 bits per heavy atom. The highest BCUT2D eigenvalue weighted by Crippen LogP contribution is 2.30. The number of carbonyl (C=O) groups is 1. The maximum Gasteiger partial charge on any atom is 0.255 e. The second kappa shape index (κ2) is 6.19. The van der Waals surface area contributed by atoms with Crippen molar-refractivity contribution >= 4 is 39.1 Å². The smallest absolute Gasteiger partial charge is 0.255 e. The van der Waals surface area contributed by atoms with E-state index in [1.807, 2.05) is 12.1 Å². The summed E-state index contributed by atoms with van der Waals surface area (Å²) >= 11 is 9.31. The third kappa shape index (κ3) is 3.35. The van der Waals surface area contributed by atoms with Gasteiger partial charge in [0.1, 0.15) is 0 Å². The number of hydrogen-bond donors (Lipinski definition) is 2. The van der Waals surface area contributed by atoms with Crippen molar-refractivity contribution in [2.75, 3.05) is 5.32 Å². The first-order chi connectivity index (χ1) is 9.11. The zero-order valence-corrected chi connectivity index (χ0v) is 12.3. The third-order valence-electron chi connectivity index (χ3n) is 2.65. The van der Waals surface area contributed by atoms with Gasteiger partial charge in [-0.15, -0.1) is 0 Å². The highest BCUT2D eigenvalue weighted by molar-refractivity contribution is 9.10. The van der Waals surface area contributed by atoms with Crippen LogP contribution in [0, 0.1) is 0 Å². The van der Waals surface area contributed by atoms with Crippen LogP contribution in [0.4, 0.5) is 5.69 Å². The van der Waals surface area contributed by atoms with Gasteiger partial charge in [-0.2, -0.15) is 0 Å². The fourth-order valence-corrected chi connectivity index (χ4v) is 2.13. The van der Waals surface area contributed by atoms with Gasteiger partial charge >= 0.3 is 0 Å². The molecule has 0 saturated heterocycles. The molecule has 0 spiro atoms. The zero-order valence-electron chi connectivity index (χ0n) is 9.99. The van der Waals surface area contributed by atoms with Gasteiger partial charge in [-0.25, -0.2) is 0 Å². The van der Waals surface area contributed by atoms with Crippen LogP contribution in [-0.2, 0) is 6.54 Å². The summed E-state index contributed by atoms with van der Waals surface area (Å²) in [6.45, 7) is 0.460. The van der Waals surface area contributed by atoms with Gasteiger partial charge in [0, 0.05) is 12.1 Å². The van der Waals surface area contributed by atoms with Crippen molar-refractivity contribution < 1.29 is 4.79 Å². The molecule has 2 aromatic carbocycles. The molecule has 0 heterocycles. The third-order valence-corrected chi connectivity index (χ3v) is 4.05. The molecule has 0 unspecified atom stereocenters. The van der Waals surface area contributed by atoms with Crippen LogP contribution in [0.15, 0.2) is 46.9 Å². The Labute approximate surface area is 124 Å². The molecule has 1 amide bonds. The van der Waals surface area contributed by atoms with Crippen molar-refractivity contribution in [2.24, 2.45) is 5.73 Å². The number of hydrogen-bond acceptors (Lipinski definition) is 2. The van der Waals surface area contributed by atoms with Crippen LogP contribution in [0.1, 0.15) is 15.9 Å². The quantitative estimate of drug-likeness (QED) is 0.893. The first-order valence-electron chi connectivity index (χ1n) is 5.66. The molecule has 0 aliphatic rings.